The summed E-state index contributed by atoms with van der Waals surface area (Å²) >= 11 is 0. The molecule has 0 aliphatic carbocycles. The van der Waals surface area contributed by atoms with Crippen molar-refractivity contribution in [3.63, 3.8) is 0 Å². The molecule has 2 nitrogen and oxygen atoms in total. The smallest absolute Gasteiger partial charge is 0.226 e. The first-order valence-electron chi connectivity index (χ1n) is 7.44. The van der Waals surface area contributed by atoms with Crippen molar-refractivity contribution in [1.82, 2.24) is 4.98 Å². The van der Waals surface area contributed by atoms with E-state index in [1.54, 1.807) is 0 Å². The number of aryl methyl sites for hydroxylation is 2. The molecule has 0 amide bonds. The molecule has 1 heterocycles. The van der Waals surface area contributed by atoms with Crippen LogP contribution in [0.3, 0.4) is 0 Å². The van der Waals surface area contributed by atoms with Crippen LogP contribution in [0.1, 0.15) is 31.0 Å². The summed E-state index contributed by atoms with van der Waals surface area (Å²) in [6.45, 7) is 6.55. The molecule has 1 aromatic heterocycles. The topological polar surface area (TPSA) is 16.8 Å². The number of fused-ring (bicyclic) bond motifs is 1. The zero-order valence-corrected chi connectivity index (χ0v) is 13.1. The summed E-state index contributed by atoms with van der Waals surface area (Å²) in [7, 11) is 2.10. The standard InChI is InChI=1S/C19H21N2/c1-13(2)18-16-11-7-8-12-17(16)21(4)19(20-18)15-10-6-5-9-14(15)3/h5-13H,1-4H3/q+1. The largest absolute Gasteiger partial charge is 0.331 e. The van der Waals surface area contributed by atoms with E-state index in [1.165, 1.54) is 27.7 Å². The van der Waals surface area contributed by atoms with Crippen LogP contribution >= 0.6 is 0 Å². The molecule has 0 atom stereocenters. The molecular formula is C19H21N2+. The van der Waals surface area contributed by atoms with Crippen molar-refractivity contribution in [2.24, 2.45) is 7.05 Å². The van der Waals surface area contributed by atoms with Gasteiger partial charge in [-0.15, -0.1) is 0 Å². The highest BCUT2D eigenvalue weighted by Gasteiger charge is 2.23. The first-order chi connectivity index (χ1) is 10.1. The molecule has 0 radical (unpaired) electrons. The summed E-state index contributed by atoms with van der Waals surface area (Å²) in [4.78, 5) is 4.99. The molecule has 0 bridgehead atoms. The molecule has 0 aliphatic heterocycles. The van der Waals surface area contributed by atoms with Gasteiger partial charge in [0.1, 0.15) is 5.52 Å². The third-order valence-electron chi connectivity index (χ3n) is 4.02. The van der Waals surface area contributed by atoms with Crippen LogP contribution < -0.4 is 4.57 Å². The summed E-state index contributed by atoms with van der Waals surface area (Å²) in [5, 5.41) is 1.24. The summed E-state index contributed by atoms with van der Waals surface area (Å²) in [5.74, 6) is 1.44. The van der Waals surface area contributed by atoms with Crippen LogP contribution in [-0.2, 0) is 7.05 Å². The Morgan fingerprint density at radius 1 is 0.952 bits per heavy atom. The molecule has 0 unspecified atom stereocenters. The zero-order chi connectivity index (χ0) is 15.0. The molecular weight excluding hydrogens is 256 g/mol. The minimum Gasteiger partial charge on any atom is -0.226 e. The summed E-state index contributed by atoms with van der Waals surface area (Å²) < 4.78 is 2.20. The normalized spacial score (nSPS) is 11.3. The van der Waals surface area contributed by atoms with Gasteiger partial charge in [-0.2, -0.15) is 0 Å². The molecule has 3 rings (SSSR count). The highest BCUT2D eigenvalue weighted by Crippen LogP contribution is 2.26. The van der Waals surface area contributed by atoms with Crippen molar-refractivity contribution in [3.05, 3.63) is 59.8 Å². The van der Waals surface area contributed by atoms with Gasteiger partial charge >= 0.3 is 5.82 Å². The maximum absolute atomic E-state index is 4.99. The average molecular weight is 277 g/mol. The van der Waals surface area contributed by atoms with Gasteiger partial charge in [0.2, 0.25) is 0 Å². The van der Waals surface area contributed by atoms with Crippen LogP contribution in [0.4, 0.5) is 0 Å². The summed E-state index contributed by atoms with van der Waals surface area (Å²) in [5.41, 5.74) is 4.86. The minimum atomic E-state index is 0.402. The van der Waals surface area contributed by atoms with E-state index >= 15 is 0 Å². The lowest BCUT2D eigenvalue weighted by Gasteiger charge is -2.10. The van der Waals surface area contributed by atoms with Gasteiger partial charge in [-0.1, -0.05) is 44.2 Å². The van der Waals surface area contributed by atoms with E-state index in [4.69, 9.17) is 4.98 Å². The number of nitrogens with zero attached hydrogens (tertiary/aromatic N) is 2. The third kappa shape index (κ3) is 2.31. The number of hydrogen-bond acceptors (Lipinski definition) is 1. The number of para-hydroxylation sites is 1. The Kier molecular flexibility index (Phi) is 3.46. The van der Waals surface area contributed by atoms with E-state index in [2.05, 4.69) is 80.9 Å². The Hall–Kier alpha value is -2.22. The van der Waals surface area contributed by atoms with Crippen molar-refractivity contribution in [2.75, 3.05) is 0 Å². The molecule has 0 aliphatic rings. The van der Waals surface area contributed by atoms with Crippen molar-refractivity contribution in [1.29, 1.82) is 0 Å². The van der Waals surface area contributed by atoms with Crippen LogP contribution in [0.5, 0.6) is 0 Å². The minimum absolute atomic E-state index is 0.402. The molecule has 2 aromatic carbocycles. The lowest BCUT2D eigenvalue weighted by Crippen LogP contribution is -2.34. The van der Waals surface area contributed by atoms with Crippen molar-refractivity contribution < 1.29 is 4.57 Å². The van der Waals surface area contributed by atoms with E-state index in [0.717, 1.165) is 5.82 Å². The fourth-order valence-electron chi connectivity index (χ4n) is 2.85. The molecule has 0 N–H and O–H groups in total. The Balaban J connectivity index is 2.39. The maximum Gasteiger partial charge on any atom is 0.331 e. The SMILES string of the molecule is Cc1ccccc1-c1nc(C(C)C)c2ccccc2[n+]1C. The molecule has 0 saturated carbocycles. The number of hydrogen-bond donors (Lipinski definition) is 0. The van der Waals surface area contributed by atoms with Gasteiger partial charge in [0.25, 0.3) is 0 Å². The fourth-order valence-corrected chi connectivity index (χ4v) is 2.85. The van der Waals surface area contributed by atoms with Gasteiger partial charge in [-0.3, -0.25) is 0 Å². The van der Waals surface area contributed by atoms with E-state index in [-0.39, 0.29) is 0 Å². The number of rotatable bonds is 2. The maximum atomic E-state index is 4.99. The van der Waals surface area contributed by atoms with Crippen molar-refractivity contribution in [3.8, 4) is 11.4 Å². The summed E-state index contributed by atoms with van der Waals surface area (Å²) in [6, 6.07) is 17.0. The predicted molar refractivity (Wildman–Crippen MR) is 87.2 cm³/mol. The van der Waals surface area contributed by atoms with Crippen molar-refractivity contribution in [2.45, 2.75) is 26.7 Å². The highest BCUT2D eigenvalue weighted by molar-refractivity contribution is 5.80. The molecule has 0 saturated heterocycles. The number of benzene rings is 2. The van der Waals surface area contributed by atoms with Gasteiger partial charge in [-0.25, -0.2) is 4.57 Å². The van der Waals surface area contributed by atoms with Crippen LogP contribution in [0.2, 0.25) is 0 Å². The lowest BCUT2D eigenvalue weighted by atomic mass is 10.0. The predicted octanol–water partition coefficient (Wildman–Crippen LogP) is 4.16. The van der Waals surface area contributed by atoms with E-state index in [1.807, 2.05) is 0 Å². The van der Waals surface area contributed by atoms with Gasteiger partial charge < -0.3 is 0 Å². The molecule has 0 fully saturated rings. The van der Waals surface area contributed by atoms with Crippen LogP contribution in [0, 0.1) is 6.92 Å². The second-order valence-electron chi connectivity index (χ2n) is 5.87. The molecule has 0 spiro atoms. The Morgan fingerprint density at radius 3 is 2.33 bits per heavy atom. The fraction of sp³-hybridized carbons (Fsp3) is 0.263. The Morgan fingerprint density at radius 2 is 1.62 bits per heavy atom. The second-order valence-corrected chi connectivity index (χ2v) is 5.87. The van der Waals surface area contributed by atoms with E-state index in [0.29, 0.717) is 5.92 Å². The number of aromatic nitrogens is 2. The van der Waals surface area contributed by atoms with Crippen LogP contribution in [0.15, 0.2) is 48.5 Å². The Bertz CT molecular complexity index is 804. The average Bonchev–Trinajstić information content (AvgIpc) is 2.48. The third-order valence-corrected chi connectivity index (χ3v) is 4.02. The van der Waals surface area contributed by atoms with Crippen molar-refractivity contribution >= 4 is 10.9 Å². The quantitative estimate of drug-likeness (QED) is 0.643. The van der Waals surface area contributed by atoms with E-state index in [9.17, 15) is 0 Å². The molecule has 106 valence electrons. The highest BCUT2D eigenvalue weighted by atomic mass is 15.0. The second kappa shape index (κ2) is 5.28. The monoisotopic (exact) mass is 277 g/mol. The lowest BCUT2D eigenvalue weighted by molar-refractivity contribution is -0.636. The first-order valence-corrected chi connectivity index (χ1v) is 7.44. The van der Waals surface area contributed by atoms with E-state index < -0.39 is 0 Å². The Labute approximate surface area is 126 Å². The molecule has 2 heteroatoms. The van der Waals surface area contributed by atoms with Gasteiger partial charge in [0.05, 0.1) is 18.0 Å². The van der Waals surface area contributed by atoms with Gasteiger partial charge in [0, 0.05) is 5.92 Å². The zero-order valence-electron chi connectivity index (χ0n) is 13.1. The summed E-state index contributed by atoms with van der Waals surface area (Å²) in [6.07, 6.45) is 0. The molecule has 3 aromatic rings. The van der Waals surface area contributed by atoms with Crippen LogP contribution in [-0.4, -0.2) is 4.98 Å². The molecule has 21 heavy (non-hydrogen) atoms. The van der Waals surface area contributed by atoms with Gasteiger partial charge in [0.15, 0.2) is 5.69 Å². The first kappa shape index (κ1) is 13.7. The van der Waals surface area contributed by atoms with Crippen LogP contribution in [0.25, 0.3) is 22.3 Å². The van der Waals surface area contributed by atoms with Gasteiger partial charge in [-0.05, 0) is 35.7 Å².